The zero-order valence-electron chi connectivity index (χ0n) is 16.0. The van der Waals surface area contributed by atoms with Crippen LogP contribution >= 0.6 is 0 Å². The zero-order valence-corrected chi connectivity index (χ0v) is 16.0. The van der Waals surface area contributed by atoms with Gasteiger partial charge in [0.25, 0.3) is 5.91 Å². The lowest BCUT2D eigenvalue weighted by molar-refractivity contribution is 0.0953. The smallest absolute Gasteiger partial charge is 0.251 e. The van der Waals surface area contributed by atoms with Crippen molar-refractivity contribution < 1.29 is 13.9 Å². The highest BCUT2D eigenvalue weighted by Crippen LogP contribution is 2.28. The Morgan fingerprint density at radius 3 is 2.75 bits per heavy atom. The first kappa shape index (κ1) is 19.6. The number of carbonyl (C=O) groups excluding carboxylic acids is 1. The van der Waals surface area contributed by atoms with Crippen LogP contribution in [0.4, 0.5) is 10.1 Å². The van der Waals surface area contributed by atoms with Gasteiger partial charge >= 0.3 is 0 Å². The lowest BCUT2D eigenvalue weighted by Crippen LogP contribution is -2.26. The molecule has 3 rings (SSSR count). The molecule has 0 aliphatic heterocycles. The largest absolute Gasteiger partial charge is 0.497 e. The maximum Gasteiger partial charge on any atom is 0.251 e. The number of hydrogen-bond donors (Lipinski definition) is 2. The molecule has 0 saturated carbocycles. The topological polar surface area (TPSA) is 63.2 Å². The lowest BCUT2D eigenvalue weighted by atomic mass is 10.1. The highest BCUT2D eigenvalue weighted by Gasteiger charge is 2.10. The summed E-state index contributed by atoms with van der Waals surface area (Å²) in [7, 11) is 1.65. The molecule has 0 radical (unpaired) electrons. The molecule has 3 aromatic rings. The molecule has 1 atom stereocenters. The maximum atomic E-state index is 12.9. The Bertz CT molecular complexity index is 944. The van der Waals surface area contributed by atoms with Crippen molar-refractivity contribution in [2.24, 2.45) is 0 Å². The molecular weight excluding hydrogens is 357 g/mol. The van der Waals surface area contributed by atoms with Crippen LogP contribution in [0.5, 0.6) is 5.75 Å². The number of carbonyl (C=O) groups is 1. The number of pyridine rings is 1. The van der Waals surface area contributed by atoms with Crippen molar-refractivity contribution in [3.05, 3.63) is 66.1 Å². The number of ether oxygens (including phenoxy) is 1. The van der Waals surface area contributed by atoms with E-state index in [1.807, 2.05) is 24.3 Å². The Morgan fingerprint density at radius 1 is 1.21 bits per heavy atom. The highest BCUT2D eigenvalue weighted by molar-refractivity contribution is 5.94. The fraction of sp³-hybridized carbons (Fsp3) is 0.273. The van der Waals surface area contributed by atoms with E-state index in [0.29, 0.717) is 12.1 Å². The van der Waals surface area contributed by atoms with Gasteiger partial charge in [0.15, 0.2) is 0 Å². The van der Waals surface area contributed by atoms with Gasteiger partial charge in [0.2, 0.25) is 0 Å². The number of methoxy groups -OCH3 is 1. The third kappa shape index (κ3) is 4.97. The number of hydrogen-bond acceptors (Lipinski definition) is 4. The van der Waals surface area contributed by atoms with Gasteiger partial charge in [-0.05, 0) is 56.2 Å². The number of amides is 1. The fourth-order valence-electron chi connectivity index (χ4n) is 3.04. The summed E-state index contributed by atoms with van der Waals surface area (Å²) in [6, 6.07) is 13.5. The van der Waals surface area contributed by atoms with Crippen molar-refractivity contribution in [1.82, 2.24) is 10.3 Å². The normalized spacial score (nSPS) is 11.8. The summed E-state index contributed by atoms with van der Waals surface area (Å²) in [5, 5.41) is 7.37. The number of nitrogens with one attached hydrogen (secondary N) is 2. The Morgan fingerprint density at radius 2 is 2.00 bits per heavy atom. The van der Waals surface area contributed by atoms with E-state index < -0.39 is 0 Å². The van der Waals surface area contributed by atoms with Crippen LogP contribution in [0, 0.1) is 5.82 Å². The van der Waals surface area contributed by atoms with E-state index >= 15 is 0 Å². The molecule has 5 nitrogen and oxygen atoms in total. The van der Waals surface area contributed by atoms with E-state index in [2.05, 4.69) is 22.5 Å². The van der Waals surface area contributed by atoms with Gasteiger partial charge < -0.3 is 15.4 Å². The summed E-state index contributed by atoms with van der Waals surface area (Å²) < 4.78 is 18.3. The van der Waals surface area contributed by atoms with E-state index in [1.54, 1.807) is 13.3 Å². The lowest BCUT2D eigenvalue weighted by Gasteiger charge is -2.17. The first-order chi connectivity index (χ1) is 13.6. The second-order valence-electron chi connectivity index (χ2n) is 6.70. The zero-order chi connectivity index (χ0) is 19.9. The molecule has 6 heteroatoms. The molecular formula is C22H24FN3O2. The van der Waals surface area contributed by atoms with Gasteiger partial charge in [0.05, 0.1) is 18.3 Å². The number of nitrogens with zero attached hydrogens (tertiary/aromatic N) is 1. The van der Waals surface area contributed by atoms with E-state index in [0.717, 1.165) is 35.2 Å². The van der Waals surface area contributed by atoms with Crippen molar-refractivity contribution in [2.75, 3.05) is 19.0 Å². The first-order valence-corrected chi connectivity index (χ1v) is 9.30. The Hall–Kier alpha value is -3.15. The maximum absolute atomic E-state index is 12.9. The number of halogens is 1. The Labute approximate surface area is 163 Å². The summed E-state index contributed by atoms with van der Waals surface area (Å²) in [5.41, 5.74) is 2.29. The number of benzene rings is 2. The second kappa shape index (κ2) is 9.17. The molecule has 1 heterocycles. The first-order valence-electron chi connectivity index (χ1n) is 9.30. The molecule has 2 N–H and O–H groups in total. The number of aromatic nitrogens is 1. The van der Waals surface area contributed by atoms with E-state index in [-0.39, 0.29) is 17.8 Å². The minimum Gasteiger partial charge on any atom is -0.497 e. The second-order valence-corrected chi connectivity index (χ2v) is 6.70. The monoisotopic (exact) mass is 381 g/mol. The predicted molar refractivity (Wildman–Crippen MR) is 109 cm³/mol. The van der Waals surface area contributed by atoms with Crippen LogP contribution in [0.25, 0.3) is 10.9 Å². The standard InChI is InChI=1S/C22H24FN3O2/c1-15(5-3-12-25-22(27)16-7-9-18(23)10-8-16)26-20-14-19(28-2)13-17-6-4-11-24-21(17)20/h4,6-11,13-15,26H,3,5,12H2,1-2H3,(H,25,27)/t15-/m0/s1. The number of anilines is 1. The van der Waals surface area contributed by atoms with Crippen molar-refractivity contribution >= 4 is 22.5 Å². The van der Waals surface area contributed by atoms with Crippen LogP contribution in [0.15, 0.2) is 54.7 Å². The Kier molecular flexibility index (Phi) is 6.42. The molecule has 0 saturated heterocycles. The molecule has 1 amide bonds. The summed E-state index contributed by atoms with van der Waals surface area (Å²) in [4.78, 5) is 16.5. The van der Waals surface area contributed by atoms with Gasteiger partial charge in [-0.2, -0.15) is 0 Å². The van der Waals surface area contributed by atoms with Crippen molar-refractivity contribution in [3.8, 4) is 5.75 Å². The predicted octanol–water partition coefficient (Wildman–Crippen LogP) is 4.39. The fourth-order valence-corrected chi connectivity index (χ4v) is 3.04. The molecule has 0 fully saturated rings. The van der Waals surface area contributed by atoms with Gasteiger partial charge in [-0.15, -0.1) is 0 Å². The summed E-state index contributed by atoms with van der Waals surface area (Å²) >= 11 is 0. The molecule has 0 aliphatic rings. The van der Waals surface area contributed by atoms with Gasteiger partial charge in [-0.25, -0.2) is 4.39 Å². The molecule has 0 aliphatic carbocycles. The number of rotatable bonds is 8. The van der Waals surface area contributed by atoms with Gasteiger partial charge in [0, 0.05) is 35.8 Å². The van der Waals surface area contributed by atoms with Crippen LogP contribution < -0.4 is 15.4 Å². The van der Waals surface area contributed by atoms with Crippen LogP contribution in [0.1, 0.15) is 30.1 Å². The minimum atomic E-state index is -0.351. The molecule has 28 heavy (non-hydrogen) atoms. The highest BCUT2D eigenvalue weighted by atomic mass is 19.1. The average molecular weight is 381 g/mol. The quantitative estimate of drug-likeness (QED) is 0.568. The van der Waals surface area contributed by atoms with Gasteiger partial charge in [-0.1, -0.05) is 6.07 Å². The third-order valence-electron chi connectivity index (χ3n) is 4.52. The van der Waals surface area contributed by atoms with Crippen molar-refractivity contribution in [3.63, 3.8) is 0 Å². The molecule has 1 aromatic heterocycles. The molecule has 0 unspecified atom stereocenters. The molecule has 2 aromatic carbocycles. The average Bonchev–Trinajstić information content (AvgIpc) is 2.71. The van der Waals surface area contributed by atoms with Crippen LogP contribution in [0.3, 0.4) is 0 Å². The van der Waals surface area contributed by atoms with Crippen molar-refractivity contribution in [1.29, 1.82) is 0 Å². The Balaban J connectivity index is 1.52. The summed E-state index contributed by atoms with van der Waals surface area (Å²) in [6.07, 6.45) is 3.46. The molecule has 146 valence electrons. The third-order valence-corrected chi connectivity index (χ3v) is 4.52. The number of fused-ring (bicyclic) bond motifs is 1. The summed E-state index contributed by atoms with van der Waals surface area (Å²) in [5.74, 6) is 0.237. The summed E-state index contributed by atoms with van der Waals surface area (Å²) in [6.45, 7) is 2.65. The molecule has 0 bridgehead atoms. The van der Waals surface area contributed by atoms with Gasteiger partial charge in [0.1, 0.15) is 11.6 Å². The van der Waals surface area contributed by atoms with Gasteiger partial charge in [-0.3, -0.25) is 9.78 Å². The van der Waals surface area contributed by atoms with E-state index in [4.69, 9.17) is 4.74 Å². The SMILES string of the molecule is COc1cc(N[C@@H](C)CCCNC(=O)c2ccc(F)cc2)c2ncccc2c1. The van der Waals surface area contributed by atoms with Crippen LogP contribution in [0.2, 0.25) is 0 Å². The van der Waals surface area contributed by atoms with Crippen molar-refractivity contribution in [2.45, 2.75) is 25.8 Å². The van der Waals surface area contributed by atoms with E-state index in [1.165, 1.54) is 24.3 Å². The molecule has 0 spiro atoms. The van der Waals surface area contributed by atoms with Crippen LogP contribution in [-0.4, -0.2) is 30.6 Å². The minimum absolute atomic E-state index is 0.191. The van der Waals surface area contributed by atoms with Crippen LogP contribution in [-0.2, 0) is 0 Å². The van der Waals surface area contributed by atoms with E-state index in [9.17, 15) is 9.18 Å².